The van der Waals surface area contributed by atoms with E-state index in [9.17, 15) is 9.59 Å². The zero-order valence-electron chi connectivity index (χ0n) is 17.2. The molecule has 5 heteroatoms. The number of hydrogen-bond acceptors (Lipinski definition) is 3. The monoisotopic (exact) mass is 417 g/mol. The summed E-state index contributed by atoms with van der Waals surface area (Å²) < 4.78 is 0. The van der Waals surface area contributed by atoms with Crippen LogP contribution < -0.4 is 5.32 Å². The molecule has 0 saturated carbocycles. The SMILES string of the molecule is Cc1ccsc1C1=CCC(C)(C)c2ccc(C(=O)Nc3ccc(C(=O)O)cc3)cc21. The molecule has 0 radical (unpaired) electrons. The molecule has 0 spiro atoms. The summed E-state index contributed by atoms with van der Waals surface area (Å²) in [6.45, 7) is 6.57. The molecule has 2 N–H and O–H groups in total. The molecule has 4 rings (SSSR count). The summed E-state index contributed by atoms with van der Waals surface area (Å²) >= 11 is 1.72. The second-order valence-corrected chi connectivity index (χ2v) is 9.15. The number of carbonyl (C=O) groups is 2. The molecule has 3 aromatic rings. The Morgan fingerprint density at radius 1 is 1.03 bits per heavy atom. The van der Waals surface area contributed by atoms with Gasteiger partial charge in [0.1, 0.15) is 0 Å². The number of carboxylic acids is 1. The van der Waals surface area contributed by atoms with Gasteiger partial charge in [-0.1, -0.05) is 26.0 Å². The molecule has 0 saturated heterocycles. The Bertz CT molecular complexity index is 1170. The third kappa shape index (κ3) is 3.68. The third-order valence-electron chi connectivity index (χ3n) is 5.61. The Morgan fingerprint density at radius 2 is 1.73 bits per heavy atom. The lowest BCUT2D eigenvalue weighted by atomic mass is 9.72. The van der Waals surface area contributed by atoms with E-state index in [0.29, 0.717) is 11.3 Å². The number of hydrogen-bond donors (Lipinski definition) is 2. The van der Waals surface area contributed by atoms with Crippen LogP contribution in [0, 0.1) is 6.92 Å². The van der Waals surface area contributed by atoms with Gasteiger partial charge >= 0.3 is 5.97 Å². The number of fused-ring (bicyclic) bond motifs is 1. The summed E-state index contributed by atoms with van der Waals surface area (Å²) in [7, 11) is 0. The Morgan fingerprint density at radius 3 is 2.37 bits per heavy atom. The number of benzene rings is 2. The largest absolute Gasteiger partial charge is 0.478 e. The lowest BCUT2D eigenvalue weighted by molar-refractivity contribution is 0.0696. The van der Waals surface area contributed by atoms with E-state index < -0.39 is 5.97 Å². The zero-order valence-corrected chi connectivity index (χ0v) is 18.0. The van der Waals surface area contributed by atoms with Gasteiger partial charge in [0.25, 0.3) is 5.91 Å². The van der Waals surface area contributed by atoms with Crippen LogP contribution in [0.1, 0.15) is 62.6 Å². The van der Waals surface area contributed by atoms with Gasteiger partial charge in [-0.05, 0) is 88.9 Å². The first-order valence-electron chi connectivity index (χ1n) is 9.80. The van der Waals surface area contributed by atoms with Crippen molar-refractivity contribution in [3.63, 3.8) is 0 Å². The number of aryl methyl sites for hydroxylation is 1. The fourth-order valence-corrected chi connectivity index (χ4v) is 4.82. The van der Waals surface area contributed by atoms with Crippen LogP contribution in [0.15, 0.2) is 60.0 Å². The van der Waals surface area contributed by atoms with Gasteiger partial charge in [-0.3, -0.25) is 4.79 Å². The molecule has 1 amide bonds. The lowest BCUT2D eigenvalue weighted by Crippen LogP contribution is -2.23. The number of rotatable bonds is 4. The van der Waals surface area contributed by atoms with Crippen molar-refractivity contribution in [2.24, 2.45) is 0 Å². The molecule has 1 aromatic heterocycles. The van der Waals surface area contributed by atoms with Gasteiger partial charge in [-0.25, -0.2) is 4.79 Å². The Kier molecular flexibility index (Phi) is 5.08. The number of anilines is 1. The molecule has 0 aliphatic heterocycles. The first-order valence-corrected chi connectivity index (χ1v) is 10.7. The fraction of sp³-hybridized carbons (Fsp3) is 0.200. The maximum absolute atomic E-state index is 12.9. The van der Waals surface area contributed by atoms with Crippen molar-refractivity contribution in [2.45, 2.75) is 32.6 Å². The highest BCUT2D eigenvalue weighted by molar-refractivity contribution is 7.11. The molecule has 0 atom stereocenters. The van der Waals surface area contributed by atoms with E-state index in [1.54, 1.807) is 23.5 Å². The normalized spacial score (nSPS) is 14.6. The highest BCUT2D eigenvalue weighted by Gasteiger charge is 2.30. The van der Waals surface area contributed by atoms with E-state index in [2.05, 4.69) is 49.7 Å². The molecule has 0 fully saturated rings. The maximum Gasteiger partial charge on any atom is 0.335 e. The van der Waals surface area contributed by atoms with Gasteiger partial charge in [0.15, 0.2) is 0 Å². The van der Waals surface area contributed by atoms with Crippen molar-refractivity contribution in [2.75, 3.05) is 5.32 Å². The highest BCUT2D eigenvalue weighted by atomic mass is 32.1. The first kappa shape index (κ1) is 20.1. The minimum atomic E-state index is -0.992. The molecule has 0 unspecified atom stereocenters. The predicted molar refractivity (Wildman–Crippen MR) is 122 cm³/mol. The second-order valence-electron chi connectivity index (χ2n) is 8.24. The van der Waals surface area contributed by atoms with Crippen LogP contribution >= 0.6 is 11.3 Å². The van der Waals surface area contributed by atoms with Crippen LogP contribution in [0.4, 0.5) is 5.69 Å². The van der Waals surface area contributed by atoms with E-state index in [1.165, 1.54) is 33.7 Å². The van der Waals surface area contributed by atoms with E-state index in [0.717, 1.165) is 12.0 Å². The summed E-state index contributed by atoms with van der Waals surface area (Å²) in [6.07, 6.45) is 3.24. The number of carbonyl (C=O) groups excluding carboxylic acids is 1. The number of thiophene rings is 1. The first-order chi connectivity index (χ1) is 14.3. The van der Waals surface area contributed by atoms with Crippen LogP contribution in [0.2, 0.25) is 0 Å². The maximum atomic E-state index is 12.9. The zero-order chi connectivity index (χ0) is 21.5. The predicted octanol–water partition coefficient (Wildman–Crippen LogP) is 6.12. The smallest absolute Gasteiger partial charge is 0.335 e. The van der Waals surface area contributed by atoms with Crippen molar-refractivity contribution in [3.05, 3.63) is 92.7 Å². The topological polar surface area (TPSA) is 66.4 Å². The second kappa shape index (κ2) is 7.58. The number of amides is 1. The highest BCUT2D eigenvalue weighted by Crippen LogP contribution is 2.43. The molecule has 4 nitrogen and oxygen atoms in total. The van der Waals surface area contributed by atoms with Gasteiger partial charge in [0.05, 0.1) is 5.56 Å². The average Bonchev–Trinajstić information content (AvgIpc) is 3.14. The Labute approximate surface area is 179 Å². The lowest BCUT2D eigenvalue weighted by Gasteiger charge is -2.32. The van der Waals surface area contributed by atoms with Crippen molar-refractivity contribution >= 4 is 34.5 Å². The van der Waals surface area contributed by atoms with Crippen LogP contribution in [0.25, 0.3) is 5.57 Å². The molecule has 30 heavy (non-hydrogen) atoms. The molecule has 1 aliphatic carbocycles. The molecular weight excluding hydrogens is 394 g/mol. The van der Waals surface area contributed by atoms with E-state index in [4.69, 9.17) is 5.11 Å². The van der Waals surface area contributed by atoms with Crippen molar-refractivity contribution in [3.8, 4) is 0 Å². The number of aromatic carboxylic acids is 1. The van der Waals surface area contributed by atoms with Gasteiger partial charge in [-0.15, -0.1) is 11.3 Å². The van der Waals surface area contributed by atoms with E-state index in [-0.39, 0.29) is 16.9 Å². The molecule has 1 aliphatic rings. The average molecular weight is 418 g/mol. The molecule has 1 heterocycles. The van der Waals surface area contributed by atoms with Crippen molar-refractivity contribution in [1.82, 2.24) is 0 Å². The van der Waals surface area contributed by atoms with Crippen LogP contribution in [-0.2, 0) is 5.41 Å². The van der Waals surface area contributed by atoms with Crippen LogP contribution in [-0.4, -0.2) is 17.0 Å². The minimum Gasteiger partial charge on any atom is -0.478 e. The van der Waals surface area contributed by atoms with Crippen LogP contribution in [0.3, 0.4) is 0 Å². The minimum absolute atomic E-state index is 0.00562. The summed E-state index contributed by atoms with van der Waals surface area (Å²) in [6, 6.07) is 14.2. The number of nitrogens with one attached hydrogen (secondary N) is 1. The summed E-state index contributed by atoms with van der Waals surface area (Å²) in [5.74, 6) is -1.21. The summed E-state index contributed by atoms with van der Waals surface area (Å²) in [5.41, 5.74) is 6.11. The van der Waals surface area contributed by atoms with Crippen LogP contribution in [0.5, 0.6) is 0 Å². The Hall–Kier alpha value is -3.18. The quantitative estimate of drug-likeness (QED) is 0.537. The third-order valence-corrected chi connectivity index (χ3v) is 6.66. The van der Waals surface area contributed by atoms with Gasteiger partial charge < -0.3 is 10.4 Å². The summed E-state index contributed by atoms with van der Waals surface area (Å²) in [5, 5.41) is 14.0. The van der Waals surface area contributed by atoms with Crippen molar-refractivity contribution < 1.29 is 14.7 Å². The molecule has 2 aromatic carbocycles. The van der Waals surface area contributed by atoms with Crippen molar-refractivity contribution in [1.29, 1.82) is 0 Å². The molecular formula is C25H23NO3S. The van der Waals surface area contributed by atoms with Gasteiger partial charge in [0, 0.05) is 16.1 Å². The van der Waals surface area contributed by atoms with Gasteiger partial charge in [0.2, 0.25) is 0 Å². The molecule has 152 valence electrons. The number of allylic oxidation sites excluding steroid dienone is 1. The fourth-order valence-electron chi connectivity index (χ4n) is 3.84. The van der Waals surface area contributed by atoms with Gasteiger partial charge in [-0.2, -0.15) is 0 Å². The number of carboxylic acid groups (broad SMARTS) is 1. The summed E-state index contributed by atoms with van der Waals surface area (Å²) in [4.78, 5) is 25.1. The standard InChI is InChI=1S/C25H23NO3S/c1-15-11-13-30-22(15)19-10-12-25(2,3)21-9-6-17(14-20(19)21)23(27)26-18-7-4-16(5-8-18)24(28)29/h4-11,13-14H,12H2,1-3H3,(H,26,27)(H,28,29). The van der Waals surface area contributed by atoms with E-state index >= 15 is 0 Å². The molecule has 0 bridgehead atoms. The Balaban J connectivity index is 1.68. The van der Waals surface area contributed by atoms with E-state index in [1.807, 2.05) is 12.1 Å².